The van der Waals surface area contributed by atoms with Crippen molar-refractivity contribution in [1.82, 2.24) is 9.80 Å². The quantitative estimate of drug-likeness (QED) is 0.907. The molecule has 0 unspecified atom stereocenters. The number of anilines is 1. The number of fused-ring (bicyclic) bond motifs is 1. The molecule has 6 heteroatoms. The van der Waals surface area contributed by atoms with Crippen LogP contribution >= 0.6 is 0 Å². The summed E-state index contributed by atoms with van der Waals surface area (Å²) < 4.78 is 5.66. The summed E-state index contributed by atoms with van der Waals surface area (Å²) in [5.41, 5.74) is 1.92. The molecule has 2 aliphatic rings. The van der Waals surface area contributed by atoms with Crippen molar-refractivity contribution in [2.75, 3.05) is 45.2 Å². The van der Waals surface area contributed by atoms with Gasteiger partial charge in [-0.1, -0.05) is 0 Å². The number of amides is 2. The molecule has 1 fully saturated rings. The SMILES string of the molecule is CN1CCN(C(=O)COc2ccc3c(c2)CCCC(=O)N3)CC1. The maximum Gasteiger partial charge on any atom is 0.260 e. The second-order valence-electron chi connectivity index (χ2n) is 6.19. The third-order valence-corrected chi connectivity index (χ3v) is 4.42. The Balaban J connectivity index is 1.57. The van der Waals surface area contributed by atoms with Crippen LogP contribution in [0.15, 0.2) is 18.2 Å². The minimum absolute atomic E-state index is 0.0290. The first-order valence-electron chi connectivity index (χ1n) is 8.14. The molecule has 0 aromatic heterocycles. The van der Waals surface area contributed by atoms with E-state index >= 15 is 0 Å². The fourth-order valence-electron chi connectivity index (χ4n) is 2.93. The van der Waals surface area contributed by atoms with Gasteiger partial charge < -0.3 is 19.9 Å². The van der Waals surface area contributed by atoms with Crippen molar-refractivity contribution in [3.8, 4) is 5.75 Å². The molecule has 0 radical (unpaired) electrons. The van der Waals surface area contributed by atoms with E-state index in [1.807, 2.05) is 23.1 Å². The lowest BCUT2D eigenvalue weighted by Crippen LogP contribution is -2.48. The second kappa shape index (κ2) is 7.00. The summed E-state index contributed by atoms with van der Waals surface area (Å²) in [6.45, 7) is 3.40. The molecule has 23 heavy (non-hydrogen) atoms. The highest BCUT2D eigenvalue weighted by Crippen LogP contribution is 2.26. The van der Waals surface area contributed by atoms with E-state index in [0.29, 0.717) is 12.2 Å². The fraction of sp³-hybridized carbons (Fsp3) is 0.529. The van der Waals surface area contributed by atoms with Crippen molar-refractivity contribution in [2.45, 2.75) is 19.3 Å². The number of carbonyl (C=O) groups is 2. The van der Waals surface area contributed by atoms with E-state index in [9.17, 15) is 9.59 Å². The average Bonchev–Trinajstić information content (AvgIpc) is 2.73. The minimum Gasteiger partial charge on any atom is -0.484 e. The van der Waals surface area contributed by atoms with Crippen molar-refractivity contribution in [1.29, 1.82) is 0 Å². The van der Waals surface area contributed by atoms with E-state index in [4.69, 9.17) is 4.74 Å². The van der Waals surface area contributed by atoms with Gasteiger partial charge in [-0.15, -0.1) is 0 Å². The molecule has 0 saturated carbocycles. The summed E-state index contributed by atoms with van der Waals surface area (Å²) in [5.74, 6) is 0.770. The highest BCUT2D eigenvalue weighted by molar-refractivity contribution is 5.92. The minimum atomic E-state index is 0.0290. The highest BCUT2D eigenvalue weighted by atomic mass is 16.5. The Labute approximate surface area is 136 Å². The van der Waals surface area contributed by atoms with Crippen LogP contribution in [0.3, 0.4) is 0 Å². The molecule has 0 spiro atoms. The molecular weight excluding hydrogens is 294 g/mol. The number of carbonyl (C=O) groups excluding carboxylic acids is 2. The lowest BCUT2D eigenvalue weighted by Gasteiger charge is -2.32. The second-order valence-corrected chi connectivity index (χ2v) is 6.19. The van der Waals surface area contributed by atoms with Gasteiger partial charge in [-0.3, -0.25) is 9.59 Å². The predicted octanol–water partition coefficient (Wildman–Crippen LogP) is 1.11. The van der Waals surface area contributed by atoms with Crippen molar-refractivity contribution in [2.24, 2.45) is 0 Å². The van der Waals surface area contributed by atoms with E-state index in [1.165, 1.54) is 0 Å². The molecule has 0 aliphatic carbocycles. The summed E-state index contributed by atoms with van der Waals surface area (Å²) in [7, 11) is 2.06. The average molecular weight is 317 g/mol. The fourth-order valence-corrected chi connectivity index (χ4v) is 2.93. The van der Waals surface area contributed by atoms with Crippen LogP contribution in [0, 0.1) is 0 Å². The van der Waals surface area contributed by atoms with Gasteiger partial charge in [-0.2, -0.15) is 0 Å². The highest BCUT2D eigenvalue weighted by Gasteiger charge is 2.19. The number of benzene rings is 1. The number of rotatable bonds is 3. The van der Waals surface area contributed by atoms with E-state index < -0.39 is 0 Å². The molecule has 2 amide bonds. The number of piperazine rings is 1. The Morgan fingerprint density at radius 1 is 1.22 bits per heavy atom. The van der Waals surface area contributed by atoms with Gasteiger partial charge in [0.15, 0.2) is 6.61 Å². The first-order chi connectivity index (χ1) is 11.1. The van der Waals surface area contributed by atoms with Crippen LogP contribution in [0.5, 0.6) is 5.75 Å². The summed E-state index contributed by atoms with van der Waals surface area (Å²) >= 11 is 0. The Kier molecular flexibility index (Phi) is 4.81. The molecule has 1 saturated heterocycles. The molecule has 0 bridgehead atoms. The van der Waals surface area contributed by atoms with Gasteiger partial charge in [-0.25, -0.2) is 0 Å². The molecule has 1 aromatic rings. The standard InChI is InChI=1S/C17H23N3O3/c1-19-7-9-20(10-8-19)17(22)12-23-14-5-6-15-13(11-14)3-2-4-16(21)18-15/h5-6,11H,2-4,7-10,12H2,1H3,(H,18,21). The zero-order chi connectivity index (χ0) is 16.2. The summed E-state index contributed by atoms with van der Waals surface area (Å²) in [5, 5.41) is 2.90. The largest absolute Gasteiger partial charge is 0.484 e. The van der Waals surface area contributed by atoms with E-state index in [2.05, 4.69) is 17.3 Å². The first-order valence-corrected chi connectivity index (χ1v) is 8.14. The first kappa shape index (κ1) is 15.8. The molecule has 2 aliphatic heterocycles. The van der Waals surface area contributed by atoms with Gasteiger partial charge in [0, 0.05) is 38.3 Å². The Morgan fingerprint density at radius 2 is 2.00 bits per heavy atom. The molecule has 6 nitrogen and oxygen atoms in total. The summed E-state index contributed by atoms with van der Waals surface area (Å²) in [6, 6.07) is 5.59. The van der Waals surface area contributed by atoms with Crippen LogP contribution in [0.1, 0.15) is 18.4 Å². The number of hydrogen-bond acceptors (Lipinski definition) is 4. The normalized spacial score (nSPS) is 18.8. The summed E-state index contributed by atoms with van der Waals surface area (Å²) in [4.78, 5) is 27.8. The Bertz CT molecular complexity index is 595. The van der Waals surface area contributed by atoms with Crippen LogP contribution in [-0.2, 0) is 16.0 Å². The van der Waals surface area contributed by atoms with E-state index in [0.717, 1.165) is 50.3 Å². The molecule has 1 N–H and O–H groups in total. The van der Waals surface area contributed by atoms with Crippen molar-refractivity contribution >= 4 is 17.5 Å². The third kappa shape index (κ3) is 4.01. The van der Waals surface area contributed by atoms with Gasteiger partial charge in [0.1, 0.15) is 5.75 Å². The Hall–Kier alpha value is -2.08. The van der Waals surface area contributed by atoms with Crippen LogP contribution in [-0.4, -0.2) is 61.4 Å². The van der Waals surface area contributed by atoms with Gasteiger partial charge in [0.25, 0.3) is 5.91 Å². The lowest BCUT2D eigenvalue weighted by molar-refractivity contribution is -0.134. The number of nitrogens with one attached hydrogen (secondary N) is 1. The van der Waals surface area contributed by atoms with Gasteiger partial charge >= 0.3 is 0 Å². The maximum atomic E-state index is 12.2. The number of ether oxygens (including phenoxy) is 1. The number of likely N-dealkylation sites (N-methyl/N-ethyl adjacent to an activating group) is 1. The van der Waals surface area contributed by atoms with Crippen molar-refractivity contribution in [3.05, 3.63) is 23.8 Å². The maximum absolute atomic E-state index is 12.2. The van der Waals surface area contributed by atoms with Gasteiger partial charge in [-0.05, 0) is 43.7 Å². The number of aryl methyl sites for hydroxylation is 1. The van der Waals surface area contributed by atoms with Crippen LogP contribution < -0.4 is 10.1 Å². The smallest absolute Gasteiger partial charge is 0.260 e. The van der Waals surface area contributed by atoms with Crippen LogP contribution in [0.2, 0.25) is 0 Å². The number of hydrogen-bond donors (Lipinski definition) is 1. The molecule has 2 heterocycles. The van der Waals surface area contributed by atoms with Crippen LogP contribution in [0.25, 0.3) is 0 Å². The third-order valence-electron chi connectivity index (χ3n) is 4.42. The van der Waals surface area contributed by atoms with E-state index in [1.54, 1.807) is 0 Å². The van der Waals surface area contributed by atoms with Gasteiger partial charge in [0.05, 0.1) is 0 Å². The molecule has 0 atom stereocenters. The summed E-state index contributed by atoms with van der Waals surface area (Å²) in [6.07, 6.45) is 2.23. The molecule has 1 aromatic carbocycles. The topological polar surface area (TPSA) is 61.9 Å². The van der Waals surface area contributed by atoms with Crippen molar-refractivity contribution in [3.63, 3.8) is 0 Å². The van der Waals surface area contributed by atoms with Crippen LogP contribution in [0.4, 0.5) is 5.69 Å². The predicted molar refractivity (Wildman–Crippen MR) is 87.6 cm³/mol. The lowest BCUT2D eigenvalue weighted by atomic mass is 10.1. The zero-order valence-corrected chi connectivity index (χ0v) is 13.5. The van der Waals surface area contributed by atoms with Crippen molar-refractivity contribution < 1.29 is 14.3 Å². The molecule has 124 valence electrons. The van der Waals surface area contributed by atoms with E-state index in [-0.39, 0.29) is 18.4 Å². The molecule has 3 rings (SSSR count). The zero-order valence-electron chi connectivity index (χ0n) is 13.5. The monoisotopic (exact) mass is 317 g/mol. The Morgan fingerprint density at radius 3 is 2.78 bits per heavy atom. The molecular formula is C17H23N3O3. The van der Waals surface area contributed by atoms with Gasteiger partial charge in [0.2, 0.25) is 5.91 Å². The number of nitrogens with zero attached hydrogens (tertiary/aromatic N) is 2.